The maximum atomic E-state index is 13.7. The predicted octanol–water partition coefficient (Wildman–Crippen LogP) is 4.84. The molecule has 0 fully saturated rings. The highest BCUT2D eigenvalue weighted by Crippen LogP contribution is 2.39. The van der Waals surface area contributed by atoms with E-state index in [9.17, 15) is 26.4 Å². The first-order valence-electron chi connectivity index (χ1n) is 11.2. The Bertz CT molecular complexity index is 1330. The molecule has 38 heavy (non-hydrogen) atoms. The third-order valence-corrected chi connectivity index (χ3v) is 7.33. The summed E-state index contributed by atoms with van der Waals surface area (Å²) in [4.78, 5) is 11.0. The number of nitrogens with zero attached hydrogens (tertiary/aromatic N) is 1. The van der Waals surface area contributed by atoms with Gasteiger partial charge in [0.1, 0.15) is 12.4 Å². The van der Waals surface area contributed by atoms with Gasteiger partial charge in [-0.3, -0.25) is 4.31 Å². The number of hydrogen-bond acceptors (Lipinski definition) is 6. The second kappa shape index (κ2) is 12.3. The summed E-state index contributed by atoms with van der Waals surface area (Å²) in [5.41, 5.74) is -0.681. The summed E-state index contributed by atoms with van der Waals surface area (Å²) in [5.74, 6) is -1.47. The van der Waals surface area contributed by atoms with E-state index in [1.54, 1.807) is 6.07 Å². The number of benzene rings is 3. The molecule has 1 atom stereocenters. The van der Waals surface area contributed by atoms with Gasteiger partial charge in [0.15, 0.2) is 0 Å². The highest BCUT2D eigenvalue weighted by Gasteiger charge is 2.34. The van der Waals surface area contributed by atoms with Crippen LogP contribution >= 0.6 is 0 Å². The number of halogens is 3. The van der Waals surface area contributed by atoms with E-state index in [0.717, 1.165) is 22.5 Å². The molecule has 12 heteroatoms. The quantitative estimate of drug-likeness (QED) is 0.343. The van der Waals surface area contributed by atoms with Crippen molar-refractivity contribution in [3.05, 3.63) is 89.5 Å². The largest absolute Gasteiger partial charge is 0.487 e. The number of rotatable bonds is 12. The van der Waals surface area contributed by atoms with Crippen LogP contribution in [0.3, 0.4) is 0 Å². The minimum Gasteiger partial charge on any atom is -0.487 e. The summed E-state index contributed by atoms with van der Waals surface area (Å²) < 4.78 is 85.2. The van der Waals surface area contributed by atoms with E-state index in [-0.39, 0.29) is 41.7 Å². The molecule has 0 radical (unpaired) electrons. The van der Waals surface area contributed by atoms with Crippen LogP contribution in [0.15, 0.2) is 77.7 Å². The fourth-order valence-corrected chi connectivity index (χ4v) is 5.06. The lowest BCUT2D eigenvalue weighted by atomic mass is 10.1. The molecular weight excluding hydrogens is 527 g/mol. The van der Waals surface area contributed by atoms with Crippen molar-refractivity contribution in [1.82, 2.24) is 0 Å². The van der Waals surface area contributed by atoms with Gasteiger partial charge in [-0.25, -0.2) is 13.2 Å². The van der Waals surface area contributed by atoms with Crippen molar-refractivity contribution < 1.29 is 45.7 Å². The SMILES string of the molecule is COCC(CN(c1ccc(C(F)(F)F)cc1OCc1ccc(C(=O)O)cc1)S(=O)(=O)c1ccccc1)OC. The minimum absolute atomic E-state index is 0.0179. The lowest BCUT2D eigenvalue weighted by Gasteiger charge is -2.30. The topological polar surface area (TPSA) is 102 Å². The van der Waals surface area contributed by atoms with Gasteiger partial charge in [-0.15, -0.1) is 0 Å². The van der Waals surface area contributed by atoms with Crippen LogP contribution < -0.4 is 9.04 Å². The fraction of sp³-hybridized carbons (Fsp3) is 0.269. The summed E-state index contributed by atoms with van der Waals surface area (Å²) in [6, 6.07) is 15.5. The van der Waals surface area contributed by atoms with Crippen LogP contribution in [0.4, 0.5) is 18.9 Å². The first-order valence-corrected chi connectivity index (χ1v) is 12.7. The van der Waals surface area contributed by atoms with Gasteiger partial charge in [0, 0.05) is 14.2 Å². The van der Waals surface area contributed by atoms with Crippen molar-refractivity contribution in [2.75, 3.05) is 31.7 Å². The van der Waals surface area contributed by atoms with Crippen LogP contribution in [0.1, 0.15) is 21.5 Å². The molecule has 204 valence electrons. The zero-order valence-electron chi connectivity index (χ0n) is 20.5. The van der Waals surface area contributed by atoms with Crippen LogP contribution in [0.5, 0.6) is 5.75 Å². The van der Waals surface area contributed by atoms with Crippen molar-refractivity contribution in [2.45, 2.75) is 23.8 Å². The standard InChI is InChI=1S/C26H26F3NO7S/c1-35-17-21(36-2)15-30(38(33,34)22-6-4-3-5-7-22)23-13-12-20(26(27,28)29)14-24(23)37-16-18-8-10-19(11-9-18)25(31)32/h3-14,21H,15-17H2,1-2H3,(H,31,32). The number of carboxylic acids is 1. The lowest BCUT2D eigenvalue weighted by molar-refractivity contribution is -0.137. The third kappa shape index (κ3) is 7.03. The van der Waals surface area contributed by atoms with Gasteiger partial charge in [-0.2, -0.15) is 13.2 Å². The maximum Gasteiger partial charge on any atom is 0.416 e. The van der Waals surface area contributed by atoms with Gasteiger partial charge < -0.3 is 19.3 Å². The highest BCUT2D eigenvalue weighted by atomic mass is 32.2. The Hall–Kier alpha value is -3.61. The molecule has 3 aromatic carbocycles. The molecule has 3 aromatic rings. The Balaban J connectivity index is 2.09. The molecule has 0 amide bonds. The summed E-state index contributed by atoms with van der Waals surface area (Å²) in [6.45, 7) is -0.514. The number of hydrogen-bond donors (Lipinski definition) is 1. The Kier molecular flexibility index (Phi) is 9.36. The van der Waals surface area contributed by atoms with Gasteiger partial charge in [-0.1, -0.05) is 30.3 Å². The predicted molar refractivity (Wildman–Crippen MR) is 133 cm³/mol. The van der Waals surface area contributed by atoms with Gasteiger partial charge in [-0.05, 0) is 48.0 Å². The summed E-state index contributed by atoms with van der Waals surface area (Å²) >= 11 is 0. The number of methoxy groups -OCH3 is 2. The van der Waals surface area contributed by atoms with Gasteiger partial charge >= 0.3 is 12.1 Å². The van der Waals surface area contributed by atoms with Crippen LogP contribution in [-0.4, -0.2) is 53.0 Å². The van der Waals surface area contributed by atoms with Crippen molar-refractivity contribution in [1.29, 1.82) is 0 Å². The Morgan fingerprint density at radius 3 is 2.21 bits per heavy atom. The normalized spacial score (nSPS) is 12.7. The molecule has 8 nitrogen and oxygen atoms in total. The van der Waals surface area contributed by atoms with Crippen LogP contribution in [0.2, 0.25) is 0 Å². The minimum atomic E-state index is -4.71. The Labute approximate surface area is 218 Å². The highest BCUT2D eigenvalue weighted by molar-refractivity contribution is 7.92. The number of ether oxygens (including phenoxy) is 3. The molecule has 0 saturated heterocycles. The molecular formula is C26H26F3NO7S. The van der Waals surface area contributed by atoms with Crippen LogP contribution in [-0.2, 0) is 32.3 Å². The van der Waals surface area contributed by atoms with Crippen molar-refractivity contribution in [3.8, 4) is 5.75 Å². The van der Waals surface area contributed by atoms with Crippen LogP contribution in [0, 0.1) is 0 Å². The van der Waals surface area contributed by atoms with Gasteiger partial charge in [0.2, 0.25) is 0 Å². The van der Waals surface area contributed by atoms with E-state index in [1.165, 1.54) is 62.8 Å². The molecule has 0 aromatic heterocycles. The first-order chi connectivity index (χ1) is 18.0. The van der Waals surface area contributed by atoms with E-state index >= 15 is 0 Å². The monoisotopic (exact) mass is 553 g/mol. The van der Waals surface area contributed by atoms with Crippen LogP contribution in [0.25, 0.3) is 0 Å². The van der Waals surface area contributed by atoms with E-state index in [2.05, 4.69) is 0 Å². The zero-order chi connectivity index (χ0) is 27.9. The van der Waals surface area contributed by atoms with Crippen molar-refractivity contribution >= 4 is 21.7 Å². The average molecular weight is 554 g/mol. The van der Waals surface area contributed by atoms with Crippen molar-refractivity contribution in [2.24, 2.45) is 0 Å². The summed E-state index contributed by atoms with van der Waals surface area (Å²) in [6.07, 6.45) is -5.47. The van der Waals surface area contributed by atoms with Gasteiger partial charge in [0.05, 0.1) is 41.0 Å². The summed E-state index contributed by atoms with van der Waals surface area (Å²) in [5, 5.41) is 9.07. The van der Waals surface area contributed by atoms with E-state index < -0.39 is 33.8 Å². The van der Waals surface area contributed by atoms with E-state index in [4.69, 9.17) is 19.3 Å². The molecule has 0 heterocycles. The molecule has 3 rings (SSSR count). The summed E-state index contributed by atoms with van der Waals surface area (Å²) in [7, 11) is -1.51. The molecule has 0 aliphatic carbocycles. The second-order valence-electron chi connectivity index (χ2n) is 8.13. The number of alkyl halides is 3. The number of carboxylic acid groups (broad SMARTS) is 1. The zero-order valence-corrected chi connectivity index (χ0v) is 21.3. The molecule has 0 bridgehead atoms. The second-order valence-corrected chi connectivity index (χ2v) is 10.00. The third-order valence-electron chi connectivity index (χ3n) is 5.54. The average Bonchev–Trinajstić information content (AvgIpc) is 2.90. The molecule has 0 aliphatic rings. The molecule has 0 saturated carbocycles. The van der Waals surface area contributed by atoms with E-state index in [1.807, 2.05) is 0 Å². The maximum absolute atomic E-state index is 13.7. The molecule has 0 spiro atoms. The number of anilines is 1. The van der Waals surface area contributed by atoms with E-state index in [0.29, 0.717) is 5.56 Å². The molecule has 1 N–H and O–H groups in total. The lowest BCUT2D eigenvalue weighted by Crippen LogP contribution is -2.40. The number of carbonyl (C=O) groups is 1. The first kappa shape index (κ1) is 29.0. The Morgan fingerprint density at radius 2 is 1.66 bits per heavy atom. The number of sulfonamides is 1. The Morgan fingerprint density at radius 1 is 1.00 bits per heavy atom. The van der Waals surface area contributed by atoms with Gasteiger partial charge in [0.25, 0.3) is 10.0 Å². The van der Waals surface area contributed by atoms with Crippen molar-refractivity contribution in [3.63, 3.8) is 0 Å². The number of aromatic carboxylic acids is 1. The fourth-order valence-electron chi connectivity index (χ4n) is 3.53. The molecule has 1 unspecified atom stereocenters. The molecule has 0 aliphatic heterocycles. The smallest absolute Gasteiger partial charge is 0.416 e.